The van der Waals surface area contributed by atoms with E-state index in [1.165, 1.54) is 0 Å². The normalized spacial score (nSPS) is 8.90. The highest BCUT2D eigenvalue weighted by atomic mass is 16.2. The third kappa shape index (κ3) is 5.24. The van der Waals surface area contributed by atoms with Crippen molar-refractivity contribution in [2.24, 2.45) is 5.73 Å². The van der Waals surface area contributed by atoms with Crippen molar-refractivity contribution in [2.75, 3.05) is 13.1 Å². The smallest absolute Gasteiger partial charge is 0.220 e. The van der Waals surface area contributed by atoms with Crippen LogP contribution < -0.4 is 11.1 Å². The Hall–Kier alpha value is -0.900. The number of rotatable bonds is 5. The minimum atomic E-state index is -0.113. The Morgan fingerprint density at radius 2 is 2.30 bits per heavy atom. The molecule has 4 nitrogen and oxygen atoms in total. The molecular weight excluding hydrogens is 132 g/mol. The van der Waals surface area contributed by atoms with Gasteiger partial charge in [-0.3, -0.25) is 4.79 Å². The van der Waals surface area contributed by atoms with Crippen LogP contribution in [0.5, 0.6) is 0 Å². The van der Waals surface area contributed by atoms with Gasteiger partial charge in [0, 0.05) is 6.42 Å². The van der Waals surface area contributed by atoms with Crippen molar-refractivity contribution in [3.63, 3.8) is 0 Å². The second kappa shape index (κ2) is 6.22. The molecule has 0 aromatic heterocycles. The van der Waals surface area contributed by atoms with Gasteiger partial charge in [-0.05, 0) is 13.0 Å². The molecule has 0 radical (unpaired) electrons. The molecule has 0 unspecified atom stereocenters. The van der Waals surface area contributed by atoms with E-state index in [0.717, 1.165) is 0 Å². The maximum absolute atomic E-state index is 10.6. The number of carbonyl (C=O) groups excluding carboxylic acids is 2. The van der Waals surface area contributed by atoms with E-state index in [0.29, 0.717) is 25.7 Å². The van der Waals surface area contributed by atoms with Crippen LogP contribution in [0.2, 0.25) is 0 Å². The van der Waals surface area contributed by atoms with Gasteiger partial charge in [-0.1, -0.05) is 0 Å². The van der Waals surface area contributed by atoms with Crippen molar-refractivity contribution in [1.29, 1.82) is 0 Å². The molecule has 0 heterocycles. The molecule has 0 aliphatic heterocycles. The highest BCUT2D eigenvalue weighted by Gasteiger charge is 1.96. The van der Waals surface area contributed by atoms with Gasteiger partial charge in [0.15, 0.2) is 0 Å². The summed E-state index contributed by atoms with van der Waals surface area (Å²) >= 11 is 0. The van der Waals surface area contributed by atoms with Crippen LogP contribution in [0.25, 0.3) is 0 Å². The lowest BCUT2D eigenvalue weighted by atomic mass is 10.3. The Morgan fingerprint density at radius 3 is 2.80 bits per heavy atom. The topological polar surface area (TPSA) is 72.2 Å². The maximum Gasteiger partial charge on any atom is 0.220 e. The Balaban J connectivity index is 3.16. The number of nitrogens with one attached hydrogen (secondary N) is 1. The summed E-state index contributed by atoms with van der Waals surface area (Å²) in [6.07, 6.45) is 1.73. The summed E-state index contributed by atoms with van der Waals surface area (Å²) in [4.78, 5) is 20.4. The molecule has 10 heavy (non-hydrogen) atoms. The number of amides is 1. The monoisotopic (exact) mass is 144 g/mol. The lowest BCUT2D eigenvalue weighted by molar-refractivity contribution is -0.122. The fourth-order valence-corrected chi connectivity index (χ4v) is 0.507. The number of aldehydes is 1. The van der Waals surface area contributed by atoms with Gasteiger partial charge in [-0.2, -0.15) is 0 Å². The largest absolute Gasteiger partial charge is 0.349 e. The molecular formula is C6H12N2O2. The van der Waals surface area contributed by atoms with Gasteiger partial charge >= 0.3 is 0 Å². The number of hydrogen-bond acceptors (Lipinski definition) is 3. The van der Waals surface area contributed by atoms with Gasteiger partial charge < -0.3 is 15.8 Å². The van der Waals surface area contributed by atoms with Gasteiger partial charge in [0.25, 0.3) is 0 Å². The molecule has 0 rings (SSSR count). The van der Waals surface area contributed by atoms with Crippen LogP contribution in [0.3, 0.4) is 0 Å². The molecule has 0 saturated heterocycles. The zero-order valence-electron chi connectivity index (χ0n) is 5.80. The molecule has 58 valence electrons. The standard InChI is InChI=1S/C6H12N2O2/c7-3-1-2-6(10)8-4-5-9/h5H,1-4,7H2,(H,8,10). The Morgan fingerprint density at radius 1 is 1.60 bits per heavy atom. The van der Waals surface area contributed by atoms with E-state index in [1.54, 1.807) is 0 Å². The van der Waals surface area contributed by atoms with E-state index >= 15 is 0 Å². The summed E-state index contributed by atoms with van der Waals surface area (Å²) in [5, 5.41) is 2.40. The van der Waals surface area contributed by atoms with Gasteiger partial charge in [0.1, 0.15) is 6.29 Å². The molecule has 0 aromatic rings. The van der Waals surface area contributed by atoms with Crippen molar-refractivity contribution in [3.8, 4) is 0 Å². The number of hydrogen-bond donors (Lipinski definition) is 2. The van der Waals surface area contributed by atoms with Gasteiger partial charge in [0.2, 0.25) is 5.91 Å². The van der Waals surface area contributed by atoms with E-state index in [2.05, 4.69) is 5.32 Å². The van der Waals surface area contributed by atoms with Crippen molar-refractivity contribution < 1.29 is 9.59 Å². The van der Waals surface area contributed by atoms with Crippen LogP contribution in [-0.2, 0) is 9.59 Å². The van der Waals surface area contributed by atoms with Crippen LogP contribution in [0, 0.1) is 0 Å². The second-order valence-corrected chi connectivity index (χ2v) is 1.86. The molecule has 0 saturated carbocycles. The Kier molecular flexibility index (Phi) is 5.66. The van der Waals surface area contributed by atoms with Crippen LogP contribution >= 0.6 is 0 Å². The predicted molar refractivity (Wildman–Crippen MR) is 37.4 cm³/mol. The number of carbonyl (C=O) groups is 2. The lowest BCUT2D eigenvalue weighted by Gasteiger charge is -1.97. The molecule has 1 amide bonds. The fourth-order valence-electron chi connectivity index (χ4n) is 0.507. The zero-order valence-corrected chi connectivity index (χ0v) is 5.80. The van der Waals surface area contributed by atoms with E-state index in [9.17, 15) is 9.59 Å². The van der Waals surface area contributed by atoms with Gasteiger partial charge in [-0.25, -0.2) is 0 Å². The third-order valence-corrected chi connectivity index (χ3v) is 0.991. The van der Waals surface area contributed by atoms with Gasteiger partial charge in [0.05, 0.1) is 6.54 Å². The zero-order chi connectivity index (χ0) is 7.82. The van der Waals surface area contributed by atoms with Crippen molar-refractivity contribution in [2.45, 2.75) is 12.8 Å². The number of nitrogens with two attached hydrogens (primary N) is 1. The molecule has 0 aromatic carbocycles. The van der Waals surface area contributed by atoms with Crippen molar-refractivity contribution in [1.82, 2.24) is 5.32 Å². The maximum atomic E-state index is 10.6. The molecule has 3 N–H and O–H groups in total. The highest BCUT2D eigenvalue weighted by Crippen LogP contribution is 1.83. The van der Waals surface area contributed by atoms with E-state index in [1.807, 2.05) is 0 Å². The van der Waals surface area contributed by atoms with Crippen LogP contribution in [0.4, 0.5) is 0 Å². The summed E-state index contributed by atoms with van der Waals surface area (Å²) in [6, 6.07) is 0. The molecule has 0 atom stereocenters. The van der Waals surface area contributed by atoms with Crippen molar-refractivity contribution >= 4 is 12.2 Å². The molecule has 0 aliphatic carbocycles. The summed E-state index contributed by atoms with van der Waals surface area (Å²) in [7, 11) is 0. The average Bonchev–Trinajstić information content (AvgIpc) is 1.97. The van der Waals surface area contributed by atoms with E-state index in [-0.39, 0.29) is 12.5 Å². The molecule has 0 aliphatic rings. The lowest BCUT2D eigenvalue weighted by Crippen LogP contribution is -2.25. The van der Waals surface area contributed by atoms with Crippen LogP contribution in [0.15, 0.2) is 0 Å². The SMILES string of the molecule is NCCCC(=O)NCC=O. The highest BCUT2D eigenvalue weighted by molar-refractivity contribution is 5.78. The molecule has 0 spiro atoms. The molecule has 0 bridgehead atoms. The third-order valence-electron chi connectivity index (χ3n) is 0.991. The summed E-state index contributed by atoms with van der Waals surface area (Å²) in [5.41, 5.74) is 5.16. The quantitative estimate of drug-likeness (QED) is 0.488. The predicted octanol–water partition coefficient (Wildman–Crippen LogP) is -0.960. The van der Waals surface area contributed by atoms with Crippen LogP contribution in [0.1, 0.15) is 12.8 Å². The summed E-state index contributed by atoms with van der Waals surface area (Å²) < 4.78 is 0. The minimum absolute atomic E-state index is 0.101. The van der Waals surface area contributed by atoms with Gasteiger partial charge in [-0.15, -0.1) is 0 Å². The first-order chi connectivity index (χ1) is 4.81. The summed E-state index contributed by atoms with van der Waals surface area (Å²) in [5.74, 6) is -0.113. The Bertz CT molecular complexity index is 114. The first-order valence-electron chi connectivity index (χ1n) is 3.21. The Labute approximate surface area is 59.8 Å². The van der Waals surface area contributed by atoms with Crippen LogP contribution in [-0.4, -0.2) is 25.3 Å². The fraction of sp³-hybridized carbons (Fsp3) is 0.667. The molecule has 4 heteroatoms. The summed E-state index contributed by atoms with van der Waals surface area (Å²) in [6.45, 7) is 0.609. The minimum Gasteiger partial charge on any atom is -0.349 e. The van der Waals surface area contributed by atoms with E-state index in [4.69, 9.17) is 5.73 Å². The first-order valence-corrected chi connectivity index (χ1v) is 3.21. The van der Waals surface area contributed by atoms with Crippen molar-refractivity contribution in [3.05, 3.63) is 0 Å². The first kappa shape index (κ1) is 9.10. The average molecular weight is 144 g/mol. The van der Waals surface area contributed by atoms with E-state index < -0.39 is 0 Å². The second-order valence-electron chi connectivity index (χ2n) is 1.86. The molecule has 0 fully saturated rings.